The van der Waals surface area contributed by atoms with E-state index >= 15 is 0 Å². The molecule has 1 aromatic rings. The molecule has 0 N–H and O–H groups in total. The van der Waals surface area contributed by atoms with Gasteiger partial charge in [0.05, 0.1) is 12.4 Å². The van der Waals surface area contributed by atoms with E-state index in [1.165, 1.54) is 0 Å². The Hall–Kier alpha value is -1.72. The first-order valence-electron chi connectivity index (χ1n) is 7.58. The number of aryl methyl sites for hydroxylation is 1. The van der Waals surface area contributed by atoms with Crippen molar-refractivity contribution in [1.82, 2.24) is 15.1 Å². The molecule has 2 aliphatic rings. The van der Waals surface area contributed by atoms with Crippen LogP contribution in [0, 0.1) is 12.8 Å². The summed E-state index contributed by atoms with van der Waals surface area (Å²) >= 11 is 0. The molecule has 0 radical (unpaired) electrons. The quantitative estimate of drug-likeness (QED) is 0.848. The summed E-state index contributed by atoms with van der Waals surface area (Å²) in [6, 6.07) is 4.20. The van der Waals surface area contributed by atoms with E-state index in [2.05, 4.69) is 15.1 Å². The molecule has 6 heteroatoms. The highest BCUT2D eigenvalue weighted by Gasteiger charge is 2.35. The second-order valence-electron chi connectivity index (χ2n) is 6.02. The molecule has 1 atom stereocenters. The van der Waals surface area contributed by atoms with Gasteiger partial charge in [-0.15, -0.1) is 5.10 Å². The van der Waals surface area contributed by atoms with Crippen LogP contribution < -0.4 is 4.90 Å². The lowest BCUT2D eigenvalue weighted by molar-refractivity contribution is -0.130. The van der Waals surface area contributed by atoms with Crippen LogP contribution in [-0.4, -0.2) is 53.4 Å². The van der Waals surface area contributed by atoms with Crippen LogP contribution in [0.5, 0.6) is 0 Å². The van der Waals surface area contributed by atoms with Gasteiger partial charge in [-0.2, -0.15) is 5.10 Å². The van der Waals surface area contributed by atoms with Gasteiger partial charge in [-0.25, -0.2) is 0 Å². The second-order valence-corrected chi connectivity index (χ2v) is 6.02. The fourth-order valence-corrected chi connectivity index (χ4v) is 3.23. The summed E-state index contributed by atoms with van der Waals surface area (Å²) in [5.41, 5.74) is 0.911. The number of hydrogen-bond acceptors (Lipinski definition) is 4. The molecule has 0 aromatic carbocycles. The van der Waals surface area contributed by atoms with E-state index in [0.29, 0.717) is 13.0 Å². The van der Waals surface area contributed by atoms with Crippen LogP contribution in [0.1, 0.15) is 25.0 Å². The molecular formula is C15H21FN4O. The lowest BCUT2D eigenvalue weighted by atomic mass is 10.0. The third-order valence-corrected chi connectivity index (χ3v) is 4.47. The van der Waals surface area contributed by atoms with Crippen LogP contribution in [0.15, 0.2) is 12.1 Å². The molecule has 0 bridgehead atoms. The molecule has 3 rings (SSSR count). The topological polar surface area (TPSA) is 49.3 Å². The van der Waals surface area contributed by atoms with Crippen LogP contribution in [0.3, 0.4) is 0 Å². The van der Waals surface area contributed by atoms with Crippen molar-refractivity contribution in [3.8, 4) is 0 Å². The molecule has 1 amide bonds. The third-order valence-electron chi connectivity index (χ3n) is 4.47. The maximum Gasteiger partial charge on any atom is 0.223 e. The van der Waals surface area contributed by atoms with E-state index in [1.54, 1.807) is 0 Å². The average Bonchev–Trinajstić information content (AvgIpc) is 2.89. The van der Waals surface area contributed by atoms with Crippen molar-refractivity contribution in [3.63, 3.8) is 0 Å². The van der Waals surface area contributed by atoms with Crippen molar-refractivity contribution >= 4 is 11.7 Å². The molecule has 0 spiro atoms. The number of likely N-dealkylation sites (tertiary alicyclic amines) is 1. The zero-order valence-corrected chi connectivity index (χ0v) is 12.3. The van der Waals surface area contributed by atoms with E-state index in [1.807, 2.05) is 24.0 Å². The van der Waals surface area contributed by atoms with E-state index in [9.17, 15) is 9.18 Å². The molecule has 5 nitrogen and oxygen atoms in total. The molecule has 3 heterocycles. The first kappa shape index (κ1) is 14.2. The highest BCUT2D eigenvalue weighted by molar-refractivity contribution is 5.79. The van der Waals surface area contributed by atoms with Crippen molar-refractivity contribution in [2.24, 2.45) is 5.92 Å². The van der Waals surface area contributed by atoms with Gasteiger partial charge in [0.25, 0.3) is 0 Å². The summed E-state index contributed by atoms with van der Waals surface area (Å²) in [5, 5.41) is 8.30. The highest BCUT2D eigenvalue weighted by Crippen LogP contribution is 2.27. The Kier molecular flexibility index (Phi) is 4.03. The van der Waals surface area contributed by atoms with Gasteiger partial charge in [0.2, 0.25) is 5.91 Å². The predicted octanol–water partition coefficient (Wildman–Crippen LogP) is 1.57. The number of hydrogen-bond donors (Lipinski definition) is 0. The van der Waals surface area contributed by atoms with Crippen LogP contribution in [0.4, 0.5) is 10.2 Å². The molecule has 2 aliphatic heterocycles. The van der Waals surface area contributed by atoms with Crippen molar-refractivity contribution in [3.05, 3.63) is 17.8 Å². The molecule has 0 saturated carbocycles. The van der Waals surface area contributed by atoms with Gasteiger partial charge >= 0.3 is 0 Å². The Balaban J connectivity index is 1.58. The average molecular weight is 292 g/mol. The Morgan fingerprint density at radius 3 is 2.62 bits per heavy atom. The molecule has 0 aliphatic carbocycles. The molecule has 114 valence electrons. The summed E-state index contributed by atoms with van der Waals surface area (Å²) < 4.78 is 12.7. The Bertz CT molecular complexity index is 499. The minimum absolute atomic E-state index is 0.0986. The summed E-state index contributed by atoms with van der Waals surface area (Å²) in [7, 11) is 0. The van der Waals surface area contributed by atoms with Crippen LogP contribution in [-0.2, 0) is 4.79 Å². The Labute approximate surface area is 124 Å². The van der Waals surface area contributed by atoms with Gasteiger partial charge in [0.1, 0.15) is 0 Å². The minimum Gasteiger partial charge on any atom is -0.355 e. The molecule has 21 heavy (non-hydrogen) atoms. The molecule has 2 saturated heterocycles. The van der Waals surface area contributed by atoms with E-state index in [0.717, 1.165) is 37.4 Å². The number of carbonyl (C=O) groups excluding carboxylic acids is 1. The summed E-state index contributed by atoms with van der Waals surface area (Å²) in [6.07, 6.45) is 2.21. The lowest BCUT2D eigenvalue weighted by Gasteiger charge is -2.37. The number of anilines is 1. The van der Waals surface area contributed by atoms with E-state index in [-0.39, 0.29) is 24.5 Å². The number of amides is 1. The smallest absolute Gasteiger partial charge is 0.223 e. The fourth-order valence-electron chi connectivity index (χ4n) is 3.23. The maximum atomic E-state index is 12.7. The Morgan fingerprint density at radius 1 is 1.29 bits per heavy atom. The maximum absolute atomic E-state index is 12.7. The van der Waals surface area contributed by atoms with Crippen LogP contribution >= 0.6 is 0 Å². The van der Waals surface area contributed by atoms with Gasteiger partial charge in [-0.3, -0.25) is 9.18 Å². The molecular weight excluding hydrogens is 271 g/mol. The van der Waals surface area contributed by atoms with Gasteiger partial charge in [0, 0.05) is 38.0 Å². The van der Waals surface area contributed by atoms with Gasteiger partial charge in [-0.1, -0.05) is 0 Å². The standard InChI is InChI=1S/C15H21FN4O/c1-11-2-3-14(18-17-11)19-6-4-13(5-7-19)20-10-12(9-16)8-15(20)21/h2-3,12-13H,4-10H2,1H3. The summed E-state index contributed by atoms with van der Waals surface area (Å²) in [5.74, 6) is 0.915. The molecule has 1 aromatic heterocycles. The van der Waals surface area contributed by atoms with E-state index in [4.69, 9.17) is 0 Å². The van der Waals surface area contributed by atoms with Crippen molar-refractivity contribution < 1.29 is 9.18 Å². The number of piperidine rings is 1. The number of carbonyl (C=O) groups is 1. The zero-order chi connectivity index (χ0) is 14.8. The third kappa shape index (κ3) is 2.99. The van der Waals surface area contributed by atoms with Gasteiger partial charge in [0.15, 0.2) is 5.82 Å². The minimum atomic E-state index is -0.389. The molecule has 1 unspecified atom stereocenters. The largest absolute Gasteiger partial charge is 0.355 e. The highest BCUT2D eigenvalue weighted by atomic mass is 19.1. The molecule has 2 fully saturated rings. The van der Waals surface area contributed by atoms with Crippen LogP contribution in [0.2, 0.25) is 0 Å². The lowest BCUT2D eigenvalue weighted by Crippen LogP contribution is -2.46. The number of rotatable bonds is 3. The van der Waals surface area contributed by atoms with Crippen LogP contribution in [0.25, 0.3) is 0 Å². The number of halogens is 1. The monoisotopic (exact) mass is 292 g/mol. The first-order valence-corrected chi connectivity index (χ1v) is 7.58. The summed E-state index contributed by atoms with van der Waals surface area (Å²) in [6.45, 7) is 3.85. The van der Waals surface area contributed by atoms with Gasteiger partial charge < -0.3 is 9.80 Å². The normalized spacial score (nSPS) is 23.9. The Morgan fingerprint density at radius 2 is 2.05 bits per heavy atom. The number of alkyl halides is 1. The van der Waals surface area contributed by atoms with Crippen molar-refractivity contribution in [1.29, 1.82) is 0 Å². The zero-order valence-electron chi connectivity index (χ0n) is 12.3. The number of nitrogens with zero attached hydrogens (tertiary/aromatic N) is 4. The van der Waals surface area contributed by atoms with Gasteiger partial charge in [-0.05, 0) is 31.9 Å². The SMILES string of the molecule is Cc1ccc(N2CCC(N3CC(CF)CC3=O)CC2)nn1. The van der Waals surface area contributed by atoms with E-state index < -0.39 is 0 Å². The fraction of sp³-hybridized carbons (Fsp3) is 0.667. The predicted molar refractivity (Wildman–Crippen MR) is 77.8 cm³/mol. The van der Waals surface area contributed by atoms with Crippen molar-refractivity contribution in [2.45, 2.75) is 32.2 Å². The van der Waals surface area contributed by atoms with Crippen molar-refractivity contribution in [2.75, 3.05) is 31.2 Å². The summed E-state index contributed by atoms with van der Waals surface area (Å²) in [4.78, 5) is 16.1. The second kappa shape index (κ2) is 5.95. The number of aromatic nitrogens is 2. The first-order chi connectivity index (χ1) is 10.2.